The van der Waals surface area contributed by atoms with E-state index in [0.29, 0.717) is 23.5 Å². The Hall–Kier alpha value is -2.24. The zero-order valence-corrected chi connectivity index (χ0v) is 21.1. The lowest BCUT2D eigenvalue weighted by Crippen LogP contribution is -2.39. The van der Waals surface area contributed by atoms with Crippen LogP contribution in [0.25, 0.3) is 0 Å². The molecule has 11 heteroatoms. The predicted octanol–water partition coefficient (Wildman–Crippen LogP) is 1.97. The first-order valence-electron chi connectivity index (χ1n) is 11.2. The number of aryl methyl sites for hydroxylation is 2. The molecule has 0 unspecified atom stereocenters. The van der Waals surface area contributed by atoms with Gasteiger partial charge in [-0.1, -0.05) is 0 Å². The minimum Gasteiger partial charge on any atom is -0.365 e. The molecule has 2 aromatic rings. The maximum atomic E-state index is 13.0. The maximum absolute atomic E-state index is 13.0. The van der Waals surface area contributed by atoms with Crippen LogP contribution in [-0.2, 0) is 34.0 Å². The molecule has 1 aliphatic heterocycles. The molecule has 1 fully saturated rings. The molecule has 1 aliphatic carbocycles. The Morgan fingerprint density at radius 2 is 2.06 bits per heavy atom. The summed E-state index contributed by atoms with van der Waals surface area (Å²) in [6.07, 6.45) is 3.32. The molecule has 3 heterocycles. The van der Waals surface area contributed by atoms with Crippen LogP contribution in [0.2, 0.25) is 0 Å². The van der Waals surface area contributed by atoms with E-state index in [1.165, 1.54) is 11.3 Å². The summed E-state index contributed by atoms with van der Waals surface area (Å²) in [5.41, 5.74) is 9.81. The number of thiophene rings is 1. The molecule has 2 aromatic heterocycles. The minimum atomic E-state index is -3.01. The maximum Gasteiger partial charge on any atom is 0.251 e. The van der Waals surface area contributed by atoms with Gasteiger partial charge < -0.3 is 11.1 Å². The Morgan fingerprint density at radius 3 is 2.70 bits per heavy atom. The highest BCUT2D eigenvalue weighted by atomic mass is 32.2. The second kappa shape index (κ2) is 8.84. The molecule has 0 bridgehead atoms. The number of carbonyl (C=O) groups excluding carboxylic acids is 2. The third-order valence-electron chi connectivity index (χ3n) is 6.88. The molecule has 0 spiro atoms. The molecule has 2 amide bonds. The second-order valence-corrected chi connectivity index (χ2v) is 12.5. The Morgan fingerprint density at radius 1 is 1.33 bits per heavy atom. The van der Waals surface area contributed by atoms with Gasteiger partial charge in [-0.15, -0.1) is 11.3 Å². The van der Waals surface area contributed by atoms with Crippen LogP contribution in [0.3, 0.4) is 0 Å². The van der Waals surface area contributed by atoms with Crippen LogP contribution < -0.4 is 11.1 Å². The Kier molecular flexibility index (Phi) is 6.41. The van der Waals surface area contributed by atoms with Crippen LogP contribution in [0, 0.1) is 13.8 Å². The highest BCUT2D eigenvalue weighted by Gasteiger charge is 2.32. The number of aromatic nitrogens is 2. The van der Waals surface area contributed by atoms with E-state index in [1.54, 1.807) is 0 Å². The molecular formula is C22H31N5O4S2. The number of carbonyl (C=O) groups is 2. The number of sulfone groups is 1. The van der Waals surface area contributed by atoms with Crippen molar-refractivity contribution in [3.8, 4) is 0 Å². The van der Waals surface area contributed by atoms with Crippen molar-refractivity contribution in [3.63, 3.8) is 0 Å². The van der Waals surface area contributed by atoms with Crippen molar-refractivity contribution in [3.05, 3.63) is 33.0 Å². The zero-order valence-electron chi connectivity index (χ0n) is 19.5. The highest BCUT2D eigenvalue weighted by molar-refractivity contribution is 7.91. The number of fused-ring (bicyclic) bond motifs is 1. The molecule has 0 radical (unpaired) electrons. The van der Waals surface area contributed by atoms with Crippen LogP contribution in [0.4, 0.5) is 5.00 Å². The second-order valence-electron chi connectivity index (χ2n) is 9.16. The quantitative estimate of drug-likeness (QED) is 0.607. The van der Waals surface area contributed by atoms with Crippen molar-refractivity contribution in [1.29, 1.82) is 0 Å². The van der Waals surface area contributed by atoms with Crippen LogP contribution in [0.5, 0.6) is 0 Å². The molecule has 9 nitrogen and oxygen atoms in total. The lowest BCUT2D eigenvalue weighted by Gasteiger charge is -2.24. The number of likely N-dealkylation sites (N-methyl/N-ethyl adjacent to an activating group) is 1. The Balaban J connectivity index is 1.47. The SMILES string of the molecule is Cc1nn([C@H]2CCS(=O)(=O)C2)c(C)c1CN(C)[C@@H](C)C(=O)Nc1sc2c(c1C(N)=O)CCC2. The number of nitrogens with zero attached hydrogens (tertiary/aromatic N) is 3. The summed E-state index contributed by atoms with van der Waals surface area (Å²) < 4.78 is 25.6. The minimum absolute atomic E-state index is 0.121. The van der Waals surface area contributed by atoms with Gasteiger partial charge >= 0.3 is 0 Å². The van der Waals surface area contributed by atoms with Crippen molar-refractivity contribution < 1.29 is 18.0 Å². The van der Waals surface area contributed by atoms with E-state index >= 15 is 0 Å². The summed E-state index contributed by atoms with van der Waals surface area (Å²) in [4.78, 5) is 28.1. The van der Waals surface area contributed by atoms with Gasteiger partial charge in [0.1, 0.15) is 5.00 Å². The largest absolute Gasteiger partial charge is 0.365 e. The van der Waals surface area contributed by atoms with Crippen molar-refractivity contribution in [2.24, 2.45) is 5.73 Å². The van der Waals surface area contributed by atoms with Gasteiger partial charge in [-0.05, 0) is 59.1 Å². The van der Waals surface area contributed by atoms with Gasteiger partial charge in [-0.2, -0.15) is 5.10 Å². The summed E-state index contributed by atoms with van der Waals surface area (Å²) in [5.74, 6) is -0.388. The standard InChI is InChI=1S/C22H31N5O4S2/c1-12-17(13(2)27(25-12)15-8-9-33(30,31)11-15)10-26(4)14(3)21(29)24-22-19(20(23)28)16-6-5-7-18(16)32-22/h14-15H,5-11H2,1-4H3,(H2,23,28)(H,24,29)/t14-,15-/m0/s1. The number of anilines is 1. The summed E-state index contributed by atoms with van der Waals surface area (Å²) in [6, 6.07) is -0.599. The normalized spacial score (nSPS) is 20.2. The number of rotatable bonds is 7. The van der Waals surface area contributed by atoms with E-state index in [1.807, 2.05) is 37.4 Å². The lowest BCUT2D eigenvalue weighted by atomic mass is 10.1. The van der Waals surface area contributed by atoms with Gasteiger partial charge in [-0.25, -0.2) is 8.42 Å². The van der Waals surface area contributed by atoms with Gasteiger partial charge in [-0.3, -0.25) is 19.2 Å². The van der Waals surface area contributed by atoms with E-state index in [9.17, 15) is 18.0 Å². The fourth-order valence-electron chi connectivity index (χ4n) is 4.81. The van der Waals surface area contributed by atoms with Crippen molar-refractivity contribution >= 4 is 38.0 Å². The summed E-state index contributed by atoms with van der Waals surface area (Å²) >= 11 is 1.45. The molecule has 33 heavy (non-hydrogen) atoms. The van der Waals surface area contributed by atoms with Gasteiger partial charge in [0.15, 0.2) is 9.84 Å². The van der Waals surface area contributed by atoms with Crippen molar-refractivity contribution in [2.75, 3.05) is 23.9 Å². The van der Waals surface area contributed by atoms with E-state index in [4.69, 9.17) is 5.73 Å². The molecule has 0 saturated carbocycles. The predicted molar refractivity (Wildman–Crippen MR) is 128 cm³/mol. The third-order valence-corrected chi connectivity index (χ3v) is 9.84. The van der Waals surface area contributed by atoms with Gasteiger partial charge in [0.25, 0.3) is 5.91 Å². The van der Waals surface area contributed by atoms with Crippen molar-refractivity contribution in [1.82, 2.24) is 14.7 Å². The fraction of sp³-hybridized carbons (Fsp3) is 0.591. The number of hydrogen-bond donors (Lipinski definition) is 2. The van der Waals surface area contributed by atoms with Gasteiger partial charge in [0, 0.05) is 22.7 Å². The third kappa shape index (κ3) is 4.58. The number of nitrogens with two attached hydrogens (primary N) is 1. The Labute approximate surface area is 198 Å². The molecule has 2 atom stereocenters. The zero-order chi connectivity index (χ0) is 24.1. The lowest BCUT2D eigenvalue weighted by molar-refractivity contribution is -0.120. The van der Waals surface area contributed by atoms with Crippen LogP contribution >= 0.6 is 11.3 Å². The average Bonchev–Trinajstić information content (AvgIpc) is 3.46. The van der Waals surface area contributed by atoms with Crippen LogP contribution in [0.15, 0.2) is 0 Å². The molecule has 180 valence electrons. The van der Waals surface area contributed by atoms with E-state index in [2.05, 4.69) is 10.4 Å². The first-order valence-corrected chi connectivity index (χ1v) is 13.8. The highest BCUT2D eigenvalue weighted by Crippen LogP contribution is 2.39. The number of primary amides is 1. The monoisotopic (exact) mass is 493 g/mol. The van der Waals surface area contributed by atoms with E-state index < -0.39 is 21.8 Å². The Bertz CT molecular complexity index is 1210. The smallest absolute Gasteiger partial charge is 0.251 e. The molecule has 4 rings (SSSR count). The van der Waals surface area contributed by atoms with Crippen LogP contribution in [-0.4, -0.2) is 59.5 Å². The molecule has 3 N–H and O–H groups in total. The van der Waals surface area contributed by atoms with E-state index in [0.717, 1.165) is 46.7 Å². The molecular weight excluding hydrogens is 462 g/mol. The first-order chi connectivity index (χ1) is 15.5. The number of nitrogens with one attached hydrogen (secondary N) is 1. The fourth-order valence-corrected chi connectivity index (χ4v) is 7.80. The first kappa shape index (κ1) is 23.9. The molecule has 0 aromatic carbocycles. The van der Waals surface area contributed by atoms with E-state index in [-0.39, 0.29) is 23.5 Å². The van der Waals surface area contributed by atoms with Gasteiger partial charge in [0.05, 0.1) is 34.8 Å². The van der Waals surface area contributed by atoms with Crippen LogP contribution in [0.1, 0.15) is 63.6 Å². The topological polar surface area (TPSA) is 127 Å². The molecule has 2 aliphatic rings. The summed E-state index contributed by atoms with van der Waals surface area (Å²) in [6.45, 7) is 6.17. The summed E-state index contributed by atoms with van der Waals surface area (Å²) in [5, 5.41) is 8.08. The number of hydrogen-bond acceptors (Lipinski definition) is 7. The average molecular weight is 494 g/mol. The summed E-state index contributed by atoms with van der Waals surface area (Å²) in [7, 11) is -1.14. The number of amides is 2. The van der Waals surface area contributed by atoms with Gasteiger partial charge in [0.2, 0.25) is 5.91 Å². The molecule has 1 saturated heterocycles. The van der Waals surface area contributed by atoms with Crippen molar-refractivity contribution in [2.45, 2.75) is 65.1 Å².